The average Bonchev–Trinajstić information content (AvgIpc) is 2.75. The Kier molecular flexibility index (Phi) is 4.03. The van der Waals surface area contributed by atoms with Gasteiger partial charge in [-0.05, 0) is 20.0 Å². The normalized spacial score (nSPS) is 10.6. The van der Waals surface area contributed by atoms with Crippen LogP contribution >= 0.6 is 11.3 Å². The summed E-state index contributed by atoms with van der Waals surface area (Å²) in [5.74, 6) is 0. The van der Waals surface area contributed by atoms with E-state index in [4.69, 9.17) is 5.26 Å². The molecule has 0 aliphatic rings. The van der Waals surface area contributed by atoms with Gasteiger partial charge in [-0.25, -0.2) is 9.97 Å². The first kappa shape index (κ1) is 12.7. The van der Waals surface area contributed by atoms with Crippen molar-refractivity contribution in [2.75, 3.05) is 7.05 Å². The van der Waals surface area contributed by atoms with Crippen LogP contribution < -0.4 is 0 Å². The zero-order valence-corrected chi connectivity index (χ0v) is 11.2. The van der Waals surface area contributed by atoms with Crippen molar-refractivity contribution >= 4 is 11.3 Å². The number of rotatable bonds is 4. The van der Waals surface area contributed by atoms with Crippen LogP contribution in [0.5, 0.6) is 0 Å². The van der Waals surface area contributed by atoms with Gasteiger partial charge in [0.25, 0.3) is 0 Å². The Hall–Kier alpha value is -1.77. The molecular weight excluding hydrogens is 244 g/mol. The zero-order chi connectivity index (χ0) is 13.0. The molecule has 0 atom stereocenters. The summed E-state index contributed by atoms with van der Waals surface area (Å²) in [5.41, 5.74) is 4.41. The standard InChI is InChI=1S/C13H14N4S/c1-10-13(18-9-16-10)8-17(2)7-11-4-3-5-15-12(11)6-14/h3-5,9H,7-8H2,1-2H3. The van der Waals surface area contributed by atoms with Gasteiger partial charge in [-0.15, -0.1) is 11.3 Å². The number of hydrogen-bond donors (Lipinski definition) is 0. The summed E-state index contributed by atoms with van der Waals surface area (Å²) in [6.45, 7) is 3.58. The van der Waals surface area contributed by atoms with Gasteiger partial charge >= 0.3 is 0 Å². The second-order valence-corrected chi connectivity index (χ2v) is 5.10. The highest BCUT2D eigenvalue weighted by Gasteiger charge is 2.09. The molecule has 0 amide bonds. The molecule has 0 unspecified atom stereocenters. The molecule has 0 aliphatic carbocycles. The zero-order valence-electron chi connectivity index (χ0n) is 10.4. The van der Waals surface area contributed by atoms with Crippen molar-refractivity contribution in [1.29, 1.82) is 5.26 Å². The molecule has 2 aromatic heterocycles. The number of aryl methyl sites for hydroxylation is 1. The van der Waals surface area contributed by atoms with Gasteiger partial charge in [0, 0.05) is 29.7 Å². The monoisotopic (exact) mass is 258 g/mol. The van der Waals surface area contributed by atoms with Gasteiger partial charge in [0.05, 0.1) is 11.2 Å². The van der Waals surface area contributed by atoms with Crippen LogP contribution in [-0.4, -0.2) is 21.9 Å². The van der Waals surface area contributed by atoms with E-state index >= 15 is 0 Å². The fraction of sp³-hybridized carbons (Fsp3) is 0.308. The minimum atomic E-state index is 0.505. The van der Waals surface area contributed by atoms with Gasteiger partial charge in [0.15, 0.2) is 0 Å². The molecule has 2 rings (SSSR count). The molecule has 0 fully saturated rings. The van der Waals surface area contributed by atoms with E-state index in [1.807, 2.05) is 31.6 Å². The molecule has 0 spiro atoms. The van der Waals surface area contributed by atoms with Gasteiger partial charge in [-0.1, -0.05) is 6.07 Å². The van der Waals surface area contributed by atoms with E-state index in [2.05, 4.69) is 20.9 Å². The lowest BCUT2D eigenvalue weighted by molar-refractivity contribution is 0.320. The van der Waals surface area contributed by atoms with E-state index in [1.165, 1.54) is 4.88 Å². The Balaban J connectivity index is 2.06. The third-order valence-electron chi connectivity index (χ3n) is 2.70. The minimum absolute atomic E-state index is 0.505. The maximum Gasteiger partial charge on any atom is 0.144 e. The van der Waals surface area contributed by atoms with Crippen molar-refractivity contribution in [2.24, 2.45) is 0 Å². The minimum Gasteiger partial charge on any atom is -0.297 e. The van der Waals surface area contributed by atoms with Crippen LogP contribution in [0, 0.1) is 18.3 Å². The SMILES string of the molecule is Cc1ncsc1CN(C)Cc1cccnc1C#N. The third-order valence-corrected chi connectivity index (χ3v) is 3.62. The fourth-order valence-electron chi connectivity index (χ4n) is 1.74. The summed E-state index contributed by atoms with van der Waals surface area (Å²) >= 11 is 1.66. The summed E-state index contributed by atoms with van der Waals surface area (Å²) in [6.07, 6.45) is 1.65. The second-order valence-electron chi connectivity index (χ2n) is 4.16. The second kappa shape index (κ2) is 5.71. The number of hydrogen-bond acceptors (Lipinski definition) is 5. The van der Waals surface area contributed by atoms with E-state index in [9.17, 15) is 0 Å². The van der Waals surface area contributed by atoms with Gasteiger partial charge in [-0.3, -0.25) is 4.90 Å². The Bertz CT molecular complexity index is 570. The van der Waals surface area contributed by atoms with Gasteiger partial charge in [0.2, 0.25) is 0 Å². The highest BCUT2D eigenvalue weighted by molar-refractivity contribution is 7.09. The number of nitriles is 1. The largest absolute Gasteiger partial charge is 0.297 e. The molecule has 92 valence electrons. The van der Waals surface area contributed by atoms with Crippen LogP contribution in [0.15, 0.2) is 23.8 Å². The molecule has 2 heterocycles. The third kappa shape index (κ3) is 2.92. The first-order chi connectivity index (χ1) is 8.70. The predicted molar refractivity (Wildman–Crippen MR) is 71.0 cm³/mol. The van der Waals surface area contributed by atoms with Crippen LogP contribution in [0.25, 0.3) is 0 Å². The van der Waals surface area contributed by atoms with Crippen molar-refractivity contribution in [3.63, 3.8) is 0 Å². The lowest BCUT2D eigenvalue weighted by Gasteiger charge is -2.16. The van der Waals surface area contributed by atoms with Crippen molar-refractivity contribution in [2.45, 2.75) is 20.0 Å². The molecule has 2 aromatic rings. The molecular formula is C13H14N4S. The van der Waals surface area contributed by atoms with Crippen molar-refractivity contribution in [3.8, 4) is 6.07 Å². The summed E-state index contributed by atoms with van der Waals surface area (Å²) in [6, 6.07) is 5.93. The topological polar surface area (TPSA) is 52.8 Å². The van der Waals surface area contributed by atoms with Crippen LogP contribution in [0.2, 0.25) is 0 Å². The van der Waals surface area contributed by atoms with E-state index in [1.54, 1.807) is 17.5 Å². The van der Waals surface area contributed by atoms with Crippen LogP contribution in [-0.2, 0) is 13.1 Å². The Morgan fingerprint density at radius 1 is 1.39 bits per heavy atom. The molecule has 0 saturated heterocycles. The molecule has 0 saturated carbocycles. The number of thiazole rings is 1. The molecule has 0 N–H and O–H groups in total. The Morgan fingerprint density at radius 3 is 2.89 bits per heavy atom. The number of nitrogens with zero attached hydrogens (tertiary/aromatic N) is 4. The van der Waals surface area contributed by atoms with Crippen molar-refractivity contribution in [1.82, 2.24) is 14.9 Å². The molecule has 5 heteroatoms. The number of aromatic nitrogens is 2. The summed E-state index contributed by atoms with van der Waals surface area (Å²) in [7, 11) is 2.04. The number of pyridine rings is 1. The average molecular weight is 258 g/mol. The molecule has 4 nitrogen and oxygen atoms in total. The quantitative estimate of drug-likeness (QED) is 0.844. The molecule has 0 radical (unpaired) electrons. The molecule has 0 aromatic carbocycles. The maximum absolute atomic E-state index is 8.99. The first-order valence-electron chi connectivity index (χ1n) is 5.62. The van der Waals surface area contributed by atoms with Crippen molar-refractivity contribution in [3.05, 3.63) is 45.7 Å². The first-order valence-corrected chi connectivity index (χ1v) is 6.50. The van der Waals surface area contributed by atoms with E-state index < -0.39 is 0 Å². The highest BCUT2D eigenvalue weighted by atomic mass is 32.1. The summed E-state index contributed by atoms with van der Waals surface area (Å²) < 4.78 is 0. The lowest BCUT2D eigenvalue weighted by atomic mass is 10.2. The molecule has 0 aliphatic heterocycles. The molecule has 0 bridgehead atoms. The summed E-state index contributed by atoms with van der Waals surface area (Å²) in [5, 5.41) is 8.99. The van der Waals surface area contributed by atoms with E-state index in [0.29, 0.717) is 12.2 Å². The fourth-order valence-corrected chi connectivity index (χ4v) is 2.59. The smallest absolute Gasteiger partial charge is 0.144 e. The highest BCUT2D eigenvalue weighted by Crippen LogP contribution is 2.16. The van der Waals surface area contributed by atoms with E-state index in [-0.39, 0.29) is 0 Å². The van der Waals surface area contributed by atoms with Gasteiger partial charge in [-0.2, -0.15) is 5.26 Å². The predicted octanol–water partition coefficient (Wildman–Crippen LogP) is 2.35. The van der Waals surface area contributed by atoms with Crippen LogP contribution in [0.4, 0.5) is 0 Å². The Labute approximate surface area is 111 Å². The van der Waals surface area contributed by atoms with Crippen LogP contribution in [0.1, 0.15) is 21.8 Å². The van der Waals surface area contributed by atoms with Crippen molar-refractivity contribution < 1.29 is 0 Å². The van der Waals surface area contributed by atoms with Gasteiger partial charge < -0.3 is 0 Å². The lowest BCUT2D eigenvalue weighted by Crippen LogP contribution is -2.18. The van der Waals surface area contributed by atoms with Gasteiger partial charge in [0.1, 0.15) is 11.8 Å². The summed E-state index contributed by atoms with van der Waals surface area (Å²) in [4.78, 5) is 11.7. The van der Waals surface area contributed by atoms with Crippen LogP contribution in [0.3, 0.4) is 0 Å². The molecule has 18 heavy (non-hydrogen) atoms. The van der Waals surface area contributed by atoms with E-state index in [0.717, 1.165) is 17.8 Å². The Morgan fingerprint density at radius 2 is 2.22 bits per heavy atom. The maximum atomic E-state index is 8.99.